The Morgan fingerprint density at radius 1 is 1.36 bits per heavy atom. The summed E-state index contributed by atoms with van der Waals surface area (Å²) in [6.07, 6.45) is 4.75. The smallest absolute Gasteiger partial charge is 0.237 e. The van der Waals surface area contributed by atoms with Crippen molar-refractivity contribution in [1.82, 2.24) is 10.2 Å². The molecule has 1 amide bonds. The minimum absolute atomic E-state index is 0.0859. The Morgan fingerprint density at radius 3 is 2.84 bits per heavy atom. The van der Waals surface area contributed by atoms with Gasteiger partial charge in [-0.3, -0.25) is 4.79 Å². The first kappa shape index (κ1) is 18.0. The topological polar surface area (TPSA) is 73.3 Å². The highest BCUT2D eigenvalue weighted by Gasteiger charge is 2.20. The summed E-state index contributed by atoms with van der Waals surface area (Å²) >= 11 is 2.82. The fraction of sp³-hybridized carbons (Fsp3) is 0.471. The van der Waals surface area contributed by atoms with Crippen LogP contribution in [0, 0.1) is 0 Å². The zero-order chi connectivity index (χ0) is 17.6. The first-order chi connectivity index (χ1) is 12.2. The Labute approximate surface area is 155 Å². The van der Waals surface area contributed by atoms with Crippen molar-refractivity contribution in [1.29, 1.82) is 0 Å². The third kappa shape index (κ3) is 4.85. The molecule has 8 heteroatoms. The van der Waals surface area contributed by atoms with E-state index in [2.05, 4.69) is 15.5 Å². The van der Waals surface area contributed by atoms with Crippen molar-refractivity contribution in [3.63, 3.8) is 0 Å². The summed E-state index contributed by atoms with van der Waals surface area (Å²) in [7, 11) is 1.62. The van der Waals surface area contributed by atoms with Gasteiger partial charge in [0.25, 0.3) is 0 Å². The number of aromatic nitrogens is 2. The number of amides is 1. The van der Waals surface area contributed by atoms with Crippen LogP contribution >= 0.6 is 23.1 Å². The lowest BCUT2D eigenvalue weighted by Gasteiger charge is -2.17. The predicted octanol–water partition coefficient (Wildman–Crippen LogP) is 3.99. The Bertz CT molecular complexity index is 703. The maximum atomic E-state index is 12.4. The quantitative estimate of drug-likeness (QED) is 0.734. The fourth-order valence-corrected chi connectivity index (χ4v) is 4.32. The zero-order valence-electron chi connectivity index (χ0n) is 14.2. The summed E-state index contributed by atoms with van der Waals surface area (Å²) in [6.45, 7) is 1.85. The van der Waals surface area contributed by atoms with Gasteiger partial charge in [0.15, 0.2) is 15.8 Å². The molecule has 134 valence electrons. The predicted molar refractivity (Wildman–Crippen MR) is 99.7 cm³/mol. The molecule has 1 aromatic heterocycles. The normalized spacial score (nSPS) is 15.8. The number of benzene rings is 1. The van der Waals surface area contributed by atoms with Crippen LogP contribution in [0.3, 0.4) is 0 Å². The number of nitrogens with zero attached hydrogens (tertiary/aromatic N) is 2. The lowest BCUT2D eigenvalue weighted by Crippen LogP contribution is -2.22. The summed E-state index contributed by atoms with van der Waals surface area (Å²) in [6, 6.07) is 5.47. The van der Waals surface area contributed by atoms with E-state index in [1.807, 2.05) is 25.1 Å². The third-order valence-electron chi connectivity index (χ3n) is 4.01. The number of carbonyl (C=O) groups excluding carboxylic acids is 1. The molecule has 0 bridgehead atoms. The van der Waals surface area contributed by atoms with Gasteiger partial charge in [-0.25, -0.2) is 0 Å². The SMILES string of the molecule is COc1ccc(NC(=O)[C@H](C)Sc2nncs2)cc1OC1CCCC1. The van der Waals surface area contributed by atoms with Crippen molar-refractivity contribution >= 4 is 34.7 Å². The monoisotopic (exact) mass is 379 g/mol. The fourth-order valence-electron chi connectivity index (χ4n) is 2.70. The molecule has 1 fully saturated rings. The summed E-state index contributed by atoms with van der Waals surface area (Å²) in [5.74, 6) is 1.27. The van der Waals surface area contributed by atoms with Crippen molar-refractivity contribution in [3.05, 3.63) is 23.7 Å². The number of nitrogens with one attached hydrogen (secondary N) is 1. The number of anilines is 1. The number of carbonyl (C=O) groups is 1. The second-order valence-electron chi connectivity index (χ2n) is 5.84. The van der Waals surface area contributed by atoms with Crippen molar-refractivity contribution in [2.75, 3.05) is 12.4 Å². The number of thioether (sulfide) groups is 1. The number of ether oxygens (including phenoxy) is 2. The first-order valence-corrected chi connectivity index (χ1v) is 10.00. The molecular formula is C17H21N3O3S2. The van der Waals surface area contributed by atoms with Gasteiger partial charge in [0.05, 0.1) is 18.5 Å². The van der Waals surface area contributed by atoms with Crippen LogP contribution in [0.15, 0.2) is 28.0 Å². The highest BCUT2D eigenvalue weighted by Crippen LogP contribution is 2.34. The molecule has 0 spiro atoms. The van der Waals surface area contributed by atoms with E-state index < -0.39 is 0 Å². The minimum Gasteiger partial charge on any atom is -0.493 e. The molecular weight excluding hydrogens is 358 g/mol. The molecule has 25 heavy (non-hydrogen) atoms. The molecule has 0 aliphatic heterocycles. The minimum atomic E-state index is -0.269. The van der Waals surface area contributed by atoms with E-state index in [4.69, 9.17) is 9.47 Å². The van der Waals surface area contributed by atoms with Crippen molar-refractivity contribution in [2.24, 2.45) is 0 Å². The summed E-state index contributed by atoms with van der Waals surface area (Å²) in [5.41, 5.74) is 2.35. The van der Waals surface area contributed by atoms with Crippen LogP contribution in [0.1, 0.15) is 32.6 Å². The summed E-state index contributed by atoms with van der Waals surface area (Å²) in [5, 5.41) is 10.4. The van der Waals surface area contributed by atoms with E-state index in [1.165, 1.54) is 35.9 Å². The number of methoxy groups -OCH3 is 1. The molecule has 6 nitrogen and oxygen atoms in total. The van der Waals surface area contributed by atoms with Crippen LogP contribution < -0.4 is 14.8 Å². The van der Waals surface area contributed by atoms with Crippen LogP contribution in [0.5, 0.6) is 11.5 Å². The van der Waals surface area contributed by atoms with Crippen LogP contribution in [0.25, 0.3) is 0 Å². The lowest BCUT2D eigenvalue weighted by atomic mass is 10.2. The number of hydrogen-bond acceptors (Lipinski definition) is 7. The molecule has 0 radical (unpaired) electrons. The molecule has 1 aliphatic rings. The zero-order valence-corrected chi connectivity index (χ0v) is 15.9. The molecule has 1 atom stereocenters. The van der Waals surface area contributed by atoms with Gasteiger partial charge in [-0.15, -0.1) is 10.2 Å². The maximum absolute atomic E-state index is 12.4. The van der Waals surface area contributed by atoms with Gasteiger partial charge >= 0.3 is 0 Å². The van der Waals surface area contributed by atoms with Crippen LogP contribution in [-0.4, -0.2) is 34.6 Å². The number of hydrogen-bond donors (Lipinski definition) is 1. The standard InChI is InChI=1S/C17H21N3O3S2/c1-11(25-17-20-18-10-24-17)16(21)19-12-7-8-14(22-2)15(9-12)23-13-5-3-4-6-13/h7-11,13H,3-6H2,1-2H3,(H,19,21)/t11-/m0/s1. The third-order valence-corrected chi connectivity index (χ3v) is 5.93. The van der Waals surface area contributed by atoms with Crippen LogP contribution in [0.4, 0.5) is 5.69 Å². The van der Waals surface area contributed by atoms with Gasteiger partial charge in [-0.2, -0.15) is 0 Å². The van der Waals surface area contributed by atoms with Crippen LogP contribution in [0.2, 0.25) is 0 Å². The maximum Gasteiger partial charge on any atom is 0.237 e. The van der Waals surface area contributed by atoms with Gasteiger partial charge < -0.3 is 14.8 Å². The largest absolute Gasteiger partial charge is 0.493 e. The molecule has 0 unspecified atom stereocenters. The summed E-state index contributed by atoms with van der Waals surface area (Å²) < 4.78 is 12.2. The average Bonchev–Trinajstić information content (AvgIpc) is 3.29. The van der Waals surface area contributed by atoms with E-state index in [0.717, 1.165) is 17.2 Å². The lowest BCUT2D eigenvalue weighted by molar-refractivity contribution is -0.115. The van der Waals surface area contributed by atoms with Gasteiger partial charge in [0, 0.05) is 11.8 Å². The molecule has 1 saturated carbocycles. The van der Waals surface area contributed by atoms with E-state index in [0.29, 0.717) is 17.2 Å². The molecule has 1 heterocycles. The van der Waals surface area contributed by atoms with Gasteiger partial charge in [-0.05, 0) is 44.7 Å². The Balaban J connectivity index is 1.65. The van der Waals surface area contributed by atoms with Gasteiger partial charge in [0.2, 0.25) is 5.91 Å². The van der Waals surface area contributed by atoms with Crippen molar-refractivity contribution in [3.8, 4) is 11.5 Å². The highest BCUT2D eigenvalue weighted by atomic mass is 32.2. The molecule has 1 aliphatic carbocycles. The molecule has 1 aromatic carbocycles. The summed E-state index contributed by atoms with van der Waals surface area (Å²) in [4.78, 5) is 12.4. The second-order valence-corrected chi connectivity index (χ2v) is 8.27. The second kappa shape index (κ2) is 8.53. The van der Waals surface area contributed by atoms with E-state index >= 15 is 0 Å². The van der Waals surface area contributed by atoms with E-state index in [1.54, 1.807) is 12.6 Å². The van der Waals surface area contributed by atoms with Gasteiger partial charge in [-0.1, -0.05) is 23.1 Å². The first-order valence-electron chi connectivity index (χ1n) is 8.24. The Kier molecular flexibility index (Phi) is 6.14. The van der Waals surface area contributed by atoms with Gasteiger partial charge in [0.1, 0.15) is 5.51 Å². The van der Waals surface area contributed by atoms with Crippen molar-refractivity contribution in [2.45, 2.75) is 48.3 Å². The average molecular weight is 380 g/mol. The number of rotatable bonds is 7. The molecule has 1 N–H and O–H groups in total. The molecule has 0 saturated heterocycles. The Morgan fingerprint density at radius 2 is 2.16 bits per heavy atom. The highest BCUT2D eigenvalue weighted by molar-refractivity contribution is 8.02. The molecule has 2 aromatic rings. The van der Waals surface area contributed by atoms with Crippen molar-refractivity contribution < 1.29 is 14.3 Å². The van der Waals surface area contributed by atoms with E-state index in [9.17, 15) is 4.79 Å². The van der Waals surface area contributed by atoms with E-state index in [-0.39, 0.29) is 17.3 Å². The Hall–Kier alpha value is -1.80. The van der Waals surface area contributed by atoms with Crippen LogP contribution in [-0.2, 0) is 4.79 Å². The molecule has 3 rings (SSSR count).